The van der Waals surface area contributed by atoms with Gasteiger partial charge in [0.2, 0.25) is 11.7 Å². The molecule has 0 saturated carbocycles. The van der Waals surface area contributed by atoms with Crippen LogP contribution in [0.1, 0.15) is 11.6 Å². The Morgan fingerprint density at radius 2 is 2.17 bits per heavy atom. The van der Waals surface area contributed by atoms with Crippen LogP contribution in [0.5, 0.6) is 5.88 Å². The minimum atomic E-state index is -4.74. The highest BCUT2D eigenvalue weighted by atomic mass is 35.5. The lowest BCUT2D eigenvalue weighted by molar-refractivity contribution is -0.159. The number of pyridine rings is 1. The standard InChI is InChI=1S/C12H8ClF3N6O2/c1-22-4-6(19-21-22)5-23-10-8(13)7(2-3-17-10)9-18-11(24-20-9)12(14,15)16/h2-4H,5H2,1H3. The minimum absolute atomic E-state index is 0.00169. The summed E-state index contributed by atoms with van der Waals surface area (Å²) < 4.78 is 48.7. The van der Waals surface area contributed by atoms with E-state index in [1.54, 1.807) is 13.2 Å². The fourth-order valence-electron chi connectivity index (χ4n) is 1.75. The van der Waals surface area contributed by atoms with E-state index < -0.39 is 12.1 Å². The van der Waals surface area contributed by atoms with E-state index in [0.717, 1.165) is 0 Å². The Hall–Kier alpha value is -2.69. The van der Waals surface area contributed by atoms with Gasteiger partial charge in [-0.2, -0.15) is 18.2 Å². The molecular weight excluding hydrogens is 353 g/mol. The molecule has 0 aliphatic rings. The van der Waals surface area contributed by atoms with E-state index >= 15 is 0 Å². The topological polar surface area (TPSA) is 91.8 Å². The molecule has 3 aromatic rings. The molecule has 0 fully saturated rings. The molecule has 0 bridgehead atoms. The van der Waals surface area contributed by atoms with Crippen LogP contribution in [0, 0.1) is 0 Å². The van der Waals surface area contributed by atoms with Gasteiger partial charge in [-0.25, -0.2) is 4.98 Å². The van der Waals surface area contributed by atoms with Crippen LogP contribution >= 0.6 is 11.6 Å². The van der Waals surface area contributed by atoms with Crippen molar-refractivity contribution in [2.75, 3.05) is 0 Å². The monoisotopic (exact) mass is 360 g/mol. The summed E-state index contributed by atoms with van der Waals surface area (Å²) in [5.41, 5.74) is 0.625. The highest BCUT2D eigenvalue weighted by Crippen LogP contribution is 2.34. The predicted octanol–water partition coefficient (Wildman–Crippen LogP) is 2.51. The first-order valence-corrected chi connectivity index (χ1v) is 6.76. The summed E-state index contributed by atoms with van der Waals surface area (Å²) in [6.45, 7) is 0.0318. The minimum Gasteiger partial charge on any atom is -0.470 e. The van der Waals surface area contributed by atoms with E-state index in [4.69, 9.17) is 16.3 Å². The van der Waals surface area contributed by atoms with E-state index in [0.29, 0.717) is 5.69 Å². The summed E-state index contributed by atoms with van der Waals surface area (Å²) in [5, 5.41) is 10.8. The average molecular weight is 361 g/mol. The van der Waals surface area contributed by atoms with Crippen LogP contribution in [0.4, 0.5) is 13.2 Å². The predicted molar refractivity (Wildman–Crippen MR) is 72.9 cm³/mol. The van der Waals surface area contributed by atoms with Crippen LogP contribution in [0.25, 0.3) is 11.4 Å². The molecule has 3 rings (SSSR count). The van der Waals surface area contributed by atoms with Gasteiger partial charge >= 0.3 is 12.1 Å². The zero-order valence-corrected chi connectivity index (χ0v) is 12.7. The molecule has 0 aromatic carbocycles. The maximum Gasteiger partial charge on any atom is 0.471 e. The van der Waals surface area contributed by atoms with Gasteiger partial charge in [0.1, 0.15) is 17.3 Å². The molecule has 126 valence electrons. The molecule has 0 spiro atoms. The molecule has 3 heterocycles. The van der Waals surface area contributed by atoms with E-state index in [1.165, 1.54) is 16.9 Å². The van der Waals surface area contributed by atoms with Crippen molar-refractivity contribution in [3.63, 3.8) is 0 Å². The van der Waals surface area contributed by atoms with Crippen molar-refractivity contribution in [1.82, 2.24) is 30.1 Å². The molecule has 0 N–H and O–H groups in total. The number of aryl methyl sites for hydroxylation is 1. The zero-order chi connectivity index (χ0) is 17.3. The molecule has 3 aromatic heterocycles. The molecule has 0 aliphatic heterocycles. The number of rotatable bonds is 4. The third-order valence-electron chi connectivity index (χ3n) is 2.77. The summed E-state index contributed by atoms with van der Waals surface area (Å²) in [6.07, 6.45) is -1.81. The van der Waals surface area contributed by atoms with Crippen LogP contribution < -0.4 is 4.74 Å². The number of hydrogen-bond donors (Lipinski definition) is 0. The van der Waals surface area contributed by atoms with Gasteiger partial charge in [0.05, 0.1) is 6.20 Å². The lowest BCUT2D eigenvalue weighted by atomic mass is 10.2. The first kappa shape index (κ1) is 16.2. The van der Waals surface area contributed by atoms with Crippen LogP contribution in [0.3, 0.4) is 0 Å². The van der Waals surface area contributed by atoms with E-state index in [-0.39, 0.29) is 28.9 Å². The second-order valence-corrected chi connectivity index (χ2v) is 4.95. The third kappa shape index (κ3) is 3.30. The van der Waals surface area contributed by atoms with Crippen molar-refractivity contribution in [2.24, 2.45) is 7.05 Å². The fraction of sp³-hybridized carbons (Fsp3) is 0.250. The maximum absolute atomic E-state index is 12.5. The van der Waals surface area contributed by atoms with Crippen molar-refractivity contribution in [3.05, 3.63) is 35.1 Å². The van der Waals surface area contributed by atoms with Gasteiger partial charge < -0.3 is 9.26 Å². The number of aromatic nitrogens is 6. The molecule has 0 unspecified atom stereocenters. The van der Waals surface area contributed by atoms with E-state index in [1.807, 2.05) is 0 Å². The Labute approximate surface area is 137 Å². The zero-order valence-electron chi connectivity index (χ0n) is 12.0. The molecule has 24 heavy (non-hydrogen) atoms. The molecule has 0 aliphatic carbocycles. The lowest BCUT2D eigenvalue weighted by Crippen LogP contribution is -2.05. The van der Waals surface area contributed by atoms with Gasteiger partial charge in [-0.05, 0) is 6.07 Å². The van der Waals surface area contributed by atoms with Crippen molar-refractivity contribution in [1.29, 1.82) is 0 Å². The average Bonchev–Trinajstić information content (AvgIpc) is 3.15. The SMILES string of the molecule is Cn1cc(COc2nccc(-c3noc(C(F)(F)F)n3)c2Cl)nn1. The van der Waals surface area contributed by atoms with Crippen LogP contribution in [-0.4, -0.2) is 30.1 Å². The number of halogens is 4. The van der Waals surface area contributed by atoms with Gasteiger partial charge in [0, 0.05) is 18.8 Å². The van der Waals surface area contributed by atoms with Crippen LogP contribution in [0.2, 0.25) is 5.02 Å². The molecular formula is C12H8ClF3N6O2. The van der Waals surface area contributed by atoms with Gasteiger partial charge in [0.25, 0.3) is 0 Å². The smallest absolute Gasteiger partial charge is 0.470 e. The highest BCUT2D eigenvalue weighted by molar-refractivity contribution is 6.34. The molecule has 0 atom stereocenters. The Kier molecular flexibility index (Phi) is 4.09. The maximum atomic E-state index is 12.5. The molecule has 0 saturated heterocycles. The number of hydrogen-bond acceptors (Lipinski definition) is 7. The number of nitrogens with zero attached hydrogens (tertiary/aromatic N) is 6. The first-order valence-electron chi connectivity index (χ1n) is 6.38. The molecule has 0 amide bonds. The summed E-state index contributed by atoms with van der Waals surface area (Å²) in [6, 6.07) is 1.35. The first-order chi connectivity index (χ1) is 11.3. The van der Waals surface area contributed by atoms with Crippen LogP contribution in [0.15, 0.2) is 23.0 Å². The van der Waals surface area contributed by atoms with Crippen molar-refractivity contribution in [3.8, 4) is 17.3 Å². The van der Waals surface area contributed by atoms with E-state index in [9.17, 15) is 13.2 Å². The Morgan fingerprint density at radius 3 is 2.79 bits per heavy atom. The molecule has 8 nitrogen and oxygen atoms in total. The molecule has 0 radical (unpaired) electrons. The third-order valence-corrected chi connectivity index (χ3v) is 3.14. The number of alkyl halides is 3. The summed E-state index contributed by atoms with van der Waals surface area (Å²) in [7, 11) is 1.69. The highest BCUT2D eigenvalue weighted by Gasteiger charge is 2.38. The summed E-state index contributed by atoms with van der Waals surface area (Å²) in [4.78, 5) is 7.20. The second kappa shape index (κ2) is 6.07. The lowest BCUT2D eigenvalue weighted by Gasteiger charge is -2.06. The summed E-state index contributed by atoms with van der Waals surface area (Å²) in [5.74, 6) is -1.79. The van der Waals surface area contributed by atoms with Crippen molar-refractivity contribution in [2.45, 2.75) is 12.8 Å². The van der Waals surface area contributed by atoms with Gasteiger partial charge in [-0.3, -0.25) is 4.68 Å². The molecule has 12 heteroatoms. The van der Waals surface area contributed by atoms with Crippen molar-refractivity contribution < 1.29 is 22.4 Å². The largest absolute Gasteiger partial charge is 0.471 e. The van der Waals surface area contributed by atoms with Gasteiger partial charge in [-0.15, -0.1) is 5.10 Å². The second-order valence-electron chi connectivity index (χ2n) is 4.57. The van der Waals surface area contributed by atoms with Gasteiger partial charge in [0.15, 0.2) is 0 Å². The summed E-state index contributed by atoms with van der Waals surface area (Å²) >= 11 is 6.11. The Bertz CT molecular complexity index is 863. The fourth-order valence-corrected chi connectivity index (χ4v) is 2.00. The van der Waals surface area contributed by atoms with Crippen molar-refractivity contribution >= 4 is 11.6 Å². The van der Waals surface area contributed by atoms with Crippen LogP contribution in [-0.2, 0) is 19.8 Å². The normalized spacial score (nSPS) is 11.7. The van der Waals surface area contributed by atoms with Gasteiger partial charge in [-0.1, -0.05) is 22.0 Å². The number of ether oxygens (including phenoxy) is 1. The Morgan fingerprint density at radius 1 is 1.38 bits per heavy atom. The Balaban J connectivity index is 1.84. The quantitative estimate of drug-likeness (QED) is 0.705. The van der Waals surface area contributed by atoms with E-state index in [2.05, 4.69) is 30.0 Å².